The lowest BCUT2D eigenvalue weighted by Gasteiger charge is -2.11. The number of rotatable bonds is 10. The van der Waals surface area contributed by atoms with Crippen LogP contribution in [0, 0.1) is 15.9 Å². The average molecular weight is 493 g/mol. The van der Waals surface area contributed by atoms with Gasteiger partial charge in [-0.3, -0.25) is 19.5 Å². The van der Waals surface area contributed by atoms with Crippen molar-refractivity contribution < 1.29 is 14.1 Å². The largest absolute Gasteiger partial charge is 0.378 e. The number of halogens is 1. The fourth-order valence-corrected chi connectivity index (χ4v) is 4.10. The number of hydrogen-bond donors (Lipinski definition) is 2. The van der Waals surface area contributed by atoms with Crippen molar-refractivity contribution in [3.8, 4) is 17.1 Å². The second kappa shape index (κ2) is 11.3. The highest BCUT2D eigenvalue weighted by Gasteiger charge is 2.17. The number of nitrogens with zero attached hydrogens (tertiary/aromatic N) is 4. The Morgan fingerprint density at radius 3 is 2.43 bits per heavy atom. The number of carbonyl (C=O) groups excluding carboxylic acids is 1. The maximum absolute atomic E-state index is 13.4. The Kier molecular flexibility index (Phi) is 7.68. The van der Waals surface area contributed by atoms with Crippen molar-refractivity contribution in [2.45, 2.75) is 5.16 Å². The fourth-order valence-electron chi connectivity index (χ4n) is 3.32. The molecule has 0 aliphatic carbocycles. The van der Waals surface area contributed by atoms with Crippen LogP contribution in [0.2, 0.25) is 0 Å². The number of anilines is 1. The number of carbonyl (C=O) groups is 1. The number of benzene rings is 3. The molecule has 0 fully saturated rings. The van der Waals surface area contributed by atoms with Gasteiger partial charge in [0.2, 0.25) is 5.91 Å². The molecule has 0 saturated heterocycles. The van der Waals surface area contributed by atoms with Crippen molar-refractivity contribution >= 4 is 29.0 Å². The Labute approximate surface area is 204 Å². The summed E-state index contributed by atoms with van der Waals surface area (Å²) in [4.78, 5) is 23.0. The van der Waals surface area contributed by atoms with Crippen molar-refractivity contribution in [2.24, 2.45) is 0 Å². The number of hydrogen-bond acceptors (Lipinski definition) is 7. The first-order valence-electron chi connectivity index (χ1n) is 10.7. The lowest BCUT2D eigenvalue weighted by Crippen LogP contribution is -2.30. The van der Waals surface area contributed by atoms with E-state index in [1.54, 1.807) is 30.3 Å². The summed E-state index contributed by atoms with van der Waals surface area (Å²) in [6.07, 6.45) is 0. The standard InChI is InChI=1S/C24H21FN6O3S/c25-18-12-10-17(11-13-18)23-28-29-24(30(23)19-6-2-1-3-7-19)35-16-22(32)27-15-14-26-20-8-4-5-9-21(20)31(33)34/h1-13,26H,14-16H2,(H,27,32). The highest BCUT2D eigenvalue weighted by Crippen LogP contribution is 2.28. The molecule has 0 atom stereocenters. The van der Waals surface area contributed by atoms with Crippen LogP contribution in [0.1, 0.15) is 0 Å². The molecule has 2 N–H and O–H groups in total. The first kappa shape index (κ1) is 23.9. The summed E-state index contributed by atoms with van der Waals surface area (Å²) in [5.74, 6) is 0.0695. The molecule has 0 radical (unpaired) electrons. The summed E-state index contributed by atoms with van der Waals surface area (Å²) in [7, 11) is 0. The van der Waals surface area contributed by atoms with Gasteiger partial charge in [0.05, 0.1) is 10.7 Å². The van der Waals surface area contributed by atoms with E-state index in [4.69, 9.17) is 0 Å². The van der Waals surface area contributed by atoms with Gasteiger partial charge in [0.1, 0.15) is 11.5 Å². The van der Waals surface area contributed by atoms with Gasteiger partial charge in [-0.15, -0.1) is 10.2 Å². The molecule has 9 nitrogen and oxygen atoms in total. The minimum atomic E-state index is -0.458. The molecular weight excluding hydrogens is 471 g/mol. The Bertz CT molecular complexity index is 1310. The maximum Gasteiger partial charge on any atom is 0.292 e. The number of para-hydroxylation sites is 3. The fraction of sp³-hybridized carbons (Fsp3) is 0.125. The topological polar surface area (TPSA) is 115 Å². The van der Waals surface area contributed by atoms with Gasteiger partial charge in [-0.1, -0.05) is 42.1 Å². The van der Waals surface area contributed by atoms with Crippen LogP contribution in [-0.2, 0) is 4.79 Å². The zero-order chi connectivity index (χ0) is 24.6. The van der Waals surface area contributed by atoms with Crippen LogP contribution in [-0.4, -0.2) is 44.4 Å². The summed E-state index contributed by atoms with van der Waals surface area (Å²) < 4.78 is 15.2. The summed E-state index contributed by atoms with van der Waals surface area (Å²) >= 11 is 1.22. The van der Waals surface area contributed by atoms with Crippen LogP contribution in [0.15, 0.2) is 84.0 Å². The van der Waals surface area contributed by atoms with E-state index in [9.17, 15) is 19.3 Å². The maximum atomic E-state index is 13.4. The predicted octanol–water partition coefficient (Wildman–Crippen LogP) is 4.30. The van der Waals surface area contributed by atoms with Gasteiger partial charge in [-0.25, -0.2) is 4.39 Å². The second-order valence-corrected chi connectivity index (χ2v) is 8.27. The van der Waals surface area contributed by atoms with Crippen LogP contribution in [0.25, 0.3) is 17.1 Å². The molecule has 0 bridgehead atoms. The van der Waals surface area contributed by atoms with Gasteiger partial charge in [0.25, 0.3) is 5.69 Å². The Morgan fingerprint density at radius 2 is 1.69 bits per heavy atom. The van der Waals surface area contributed by atoms with Crippen molar-refractivity contribution in [2.75, 3.05) is 24.2 Å². The molecule has 35 heavy (non-hydrogen) atoms. The molecule has 1 amide bonds. The monoisotopic (exact) mass is 492 g/mol. The molecule has 1 aromatic heterocycles. The van der Waals surface area contributed by atoms with Crippen molar-refractivity contribution in [1.29, 1.82) is 0 Å². The molecule has 1 heterocycles. The minimum absolute atomic E-state index is 0.0217. The molecule has 11 heteroatoms. The van der Waals surface area contributed by atoms with Crippen LogP contribution in [0.3, 0.4) is 0 Å². The molecule has 0 spiro atoms. The van der Waals surface area contributed by atoms with Crippen molar-refractivity contribution in [3.05, 3.63) is 94.8 Å². The van der Waals surface area contributed by atoms with Gasteiger partial charge >= 0.3 is 0 Å². The molecular formula is C24H21FN6O3S. The number of aromatic nitrogens is 3. The van der Waals surface area contributed by atoms with Gasteiger partial charge in [-0.05, 0) is 42.5 Å². The van der Waals surface area contributed by atoms with E-state index >= 15 is 0 Å². The quantitative estimate of drug-likeness (QED) is 0.147. The minimum Gasteiger partial charge on any atom is -0.378 e. The molecule has 0 saturated carbocycles. The zero-order valence-corrected chi connectivity index (χ0v) is 19.2. The summed E-state index contributed by atoms with van der Waals surface area (Å²) in [5, 5.41) is 25.9. The summed E-state index contributed by atoms with van der Waals surface area (Å²) in [6, 6.07) is 21.8. The Balaban J connectivity index is 1.38. The molecule has 0 aliphatic heterocycles. The van der Waals surface area contributed by atoms with E-state index in [0.29, 0.717) is 28.8 Å². The predicted molar refractivity (Wildman–Crippen MR) is 132 cm³/mol. The molecule has 4 rings (SSSR count). The third-order valence-electron chi connectivity index (χ3n) is 4.95. The van der Waals surface area contributed by atoms with Crippen molar-refractivity contribution in [3.63, 3.8) is 0 Å². The Morgan fingerprint density at radius 1 is 0.971 bits per heavy atom. The molecule has 4 aromatic rings. The van der Waals surface area contributed by atoms with E-state index in [1.165, 1.54) is 30.0 Å². The summed E-state index contributed by atoms with van der Waals surface area (Å²) in [6.45, 7) is 0.619. The highest BCUT2D eigenvalue weighted by atomic mass is 32.2. The molecule has 3 aromatic carbocycles. The lowest BCUT2D eigenvalue weighted by atomic mass is 10.2. The number of nitrogens with one attached hydrogen (secondary N) is 2. The van der Waals surface area contributed by atoms with Gasteiger partial charge in [-0.2, -0.15) is 0 Å². The van der Waals surface area contributed by atoms with Crippen LogP contribution < -0.4 is 10.6 Å². The number of thioether (sulfide) groups is 1. The highest BCUT2D eigenvalue weighted by molar-refractivity contribution is 7.99. The van der Waals surface area contributed by atoms with E-state index < -0.39 is 4.92 Å². The van der Waals surface area contributed by atoms with Gasteiger partial charge in [0.15, 0.2) is 11.0 Å². The van der Waals surface area contributed by atoms with E-state index in [1.807, 2.05) is 34.9 Å². The Hall–Kier alpha value is -4.25. The molecule has 0 aliphatic rings. The number of nitro groups is 1. The summed E-state index contributed by atoms with van der Waals surface area (Å²) in [5.41, 5.74) is 1.88. The average Bonchev–Trinajstić information content (AvgIpc) is 3.30. The van der Waals surface area contributed by atoms with Crippen LogP contribution >= 0.6 is 11.8 Å². The smallest absolute Gasteiger partial charge is 0.292 e. The SMILES string of the molecule is O=C(CSc1nnc(-c2ccc(F)cc2)n1-c1ccccc1)NCCNc1ccccc1[N+](=O)[O-]. The molecule has 178 valence electrons. The van der Waals surface area contributed by atoms with E-state index in [-0.39, 0.29) is 29.7 Å². The van der Waals surface area contributed by atoms with Crippen LogP contribution in [0.4, 0.5) is 15.8 Å². The molecule has 0 unspecified atom stereocenters. The second-order valence-electron chi connectivity index (χ2n) is 7.32. The third kappa shape index (κ3) is 6.01. The lowest BCUT2D eigenvalue weighted by molar-refractivity contribution is -0.384. The van der Waals surface area contributed by atoms with E-state index in [2.05, 4.69) is 20.8 Å². The third-order valence-corrected chi connectivity index (χ3v) is 5.87. The zero-order valence-electron chi connectivity index (χ0n) is 18.4. The van der Waals surface area contributed by atoms with Gasteiger partial charge in [0, 0.05) is 30.4 Å². The van der Waals surface area contributed by atoms with E-state index in [0.717, 1.165) is 5.69 Å². The number of nitro benzene ring substituents is 1. The van der Waals surface area contributed by atoms with Crippen molar-refractivity contribution in [1.82, 2.24) is 20.1 Å². The number of amides is 1. The first-order chi connectivity index (χ1) is 17.0. The van der Waals surface area contributed by atoms with Gasteiger partial charge < -0.3 is 10.6 Å². The normalized spacial score (nSPS) is 10.7. The first-order valence-corrected chi connectivity index (χ1v) is 11.6. The van der Waals surface area contributed by atoms with Crippen LogP contribution in [0.5, 0.6) is 0 Å².